The van der Waals surface area contributed by atoms with Crippen molar-refractivity contribution >= 4 is 11.6 Å². The molecule has 0 saturated heterocycles. The van der Waals surface area contributed by atoms with E-state index in [1.165, 1.54) is 5.56 Å². The molecule has 0 fully saturated rings. The minimum atomic E-state index is 0.343. The fourth-order valence-corrected chi connectivity index (χ4v) is 1.98. The molecule has 7 heteroatoms. The highest BCUT2D eigenvalue weighted by Gasteiger charge is 2.11. The second kappa shape index (κ2) is 7.51. The molecular formula is C14H20N6O. The van der Waals surface area contributed by atoms with Crippen molar-refractivity contribution in [2.45, 2.75) is 20.1 Å². The molecular weight excluding hydrogens is 268 g/mol. The van der Waals surface area contributed by atoms with Gasteiger partial charge in [0, 0.05) is 38.7 Å². The van der Waals surface area contributed by atoms with Crippen LogP contribution in [0.3, 0.4) is 0 Å². The number of hydrogen-bond donors (Lipinski definition) is 2. The van der Waals surface area contributed by atoms with E-state index in [9.17, 15) is 0 Å². The normalized spacial score (nSPS) is 10.4. The highest BCUT2D eigenvalue weighted by atomic mass is 16.5. The van der Waals surface area contributed by atoms with Crippen LogP contribution in [0.25, 0.3) is 0 Å². The van der Waals surface area contributed by atoms with Gasteiger partial charge in [-0.3, -0.25) is 4.98 Å². The third kappa shape index (κ3) is 4.11. The van der Waals surface area contributed by atoms with Gasteiger partial charge in [0.1, 0.15) is 18.2 Å². The summed E-state index contributed by atoms with van der Waals surface area (Å²) in [6, 6.07) is 5.80. The first kappa shape index (κ1) is 15.1. The van der Waals surface area contributed by atoms with Gasteiger partial charge in [-0.1, -0.05) is 0 Å². The molecule has 2 heterocycles. The van der Waals surface area contributed by atoms with Crippen LogP contribution in [0.4, 0.5) is 11.6 Å². The maximum absolute atomic E-state index is 5.47. The number of ether oxygens (including phenoxy) is 1. The zero-order valence-corrected chi connectivity index (χ0v) is 12.3. The molecule has 0 aliphatic rings. The van der Waals surface area contributed by atoms with E-state index < -0.39 is 0 Å². The lowest BCUT2D eigenvalue weighted by Crippen LogP contribution is -2.24. The van der Waals surface area contributed by atoms with E-state index in [4.69, 9.17) is 10.6 Å². The molecule has 2 rings (SSSR count). The van der Waals surface area contributed by atoms with Crippen LogP contribution in [0.1, 0.15) is 18.3 Å². The first-order chi connectivity index (χ1) is 10.3. The van der Waals surface area contributed by atoms with E-state index in [1.54, 1.807) is 19.5 Å². The number of nitrogens with zero attached hydrogens (tertiary/aromatic N) is 4. The largest absolute Gasteiger partial charge is 0.377 e. The summed E-state index contributed by atoms with van der Waals surface area (Å²) in [6.45, 7) is 3.98. The number of hydrogen-bond acceptors (Lipinski definition) is 7. The summed E-state index contributed by atoms with van der Waals surface area (Å²) in [6.07, 6.45) is 3.57. The predicted octanol–water partition coefficient (Wildman–Crippen LogP) is 1.33. The summed E-state index contributed by atoms with van der Waals surface area (Å²) >= 11 is 0. The Morgan fingerprint density at radius 3 is 2.67 bits per heavy atom. The molecule has 0 amide bonds. The molecule has 0 radical (unpaired) electrons. The van der Waals surface area contributed by atoms with Crippen molar-refractivity contribution < 1.29 is 4.74 Å². The van der Waals surface area contributed by atoms with Crippen LogP contribution < -0.4 is 16.2 Å². The van der Waals surface area contributed by atoms with Crippen molar-refractivity contribution in [2.24, 2.45) is 5.84 Å². The van der Waals surface area contributed by atoms with Gasteiger partial charge in [0.2, 0.25) is 0 Å². The van der Waals surface area contributed by atoms with Crippen LogP contribution in [-0.2, 0) is 17.9 Å². The number of pyridine rings is 1. The molecule has 7 nitrogen and oxygen atoms in total. The van der Waals surface area contributed by atoms with Crippen molar-refractivity contribution in [1.82, 2.24) is 15.0 Å². The van der Waals surface area contributed by atoms with Crippen LogP contribution in [-0.4, -0.2) is 28.6 Å². The Kier molecular flexibility index (Phi) is 5.42. The first-order valence-corrected chi connectivity index (χ1v) is 6.74. The van der Waals surface area contributed by atoms with Crippen LogP contribution in [0.5, 0.6) is 0 Å². The summed E-state index contributed by atoms with van der Waals surface area (Å²) in [4.78, 5) is 14.9. The molecule has 0 atom stereocenters. The number of nitrogens with two attached hydrogens (primary N) is 1. The topological polar surface area (TPSA) is 89.2 Å². The van der Waals surface area contributed by atoms with Crippen molar-refractivity contribution in [2.75, 3.05) is 24.0 Å². The maximum atomic E-state index is 5.47. The predicted molar refractivity (Wildman–Crippen MR) is 81.5 cm³/mol. The summed E-state index contributed by atoms with van der Waals surface area (Å²) in [5.74, 6) is 7.44. The van der Waals surface area contributed by atoms with Crippen molar-refractivity contribution in [3.05, 3.63) is 42.0 Å². The van der Waals surface area contributed by atoms with Gasteiger partial charge >= 0.3 is 0 Å². The zero-order valence-electron chi connectivity index (χ0n) is 12.3. The molecule has 0 aliphatic carbocycles. The Labute approximate surface area is 124 Å². The molecule has 0 bridgehead atoms. The minimum Gasteiger partial charge on any atom is -0.377 e. The number of rotatable bonds is 7. The van der Waals surface area contributed by atoms with E-state index in [1.807, 2.05) is 18.2 Å². The molecule has 0 spiro atoms. The lowest BCUT2D eigenvalue weighted by molar-refractivity contribution is 0.178. The Bertz CT molecular complexity index is 563. The second-order valence-electron chi connectivity index (χ2n) is 4.47. The van der Waals surface area contributed by atoms with Gasteiger partial charge < -0.3 is 15.1 Å². The Morgan fingerprint density at radius 2 is 2.05 bits per heavy atom. The first-order valence-electron chi connectivity index (χ1n) is 6.74. The third-order valence-electron chi connectivity index (χ3n) is 3.01. The second-order valence-corrected chi connectivity index (χ2v) is 4.47. The number of aromatic nitrogens is 3. The van der Waals surface area contributed by atoms with Crippen molar-refractivity contribution in [1.29, 1.82) is 0 Å². The highest BCUT2D eigenvalue weighted by Crippen LogP contribution is 2.18. The van der Waals surface area contributed by atoms with Gasteiger partial charge in [0.05, 0.1) is 0 Å². The standard InChI is InChI=1S/C14H20N6O/c1-3-20(9-11-4-6-16-7-5-11)14-8-12(19-15)17-13(18-14)10-21-2/h4-8H,3,9-10,15H2,1-2H3,(H,17,18,19). The van der Waals surface area contributed by atoms with Crippen molar-refractivity contribution in [3.8, 4) is 0 Å². The third-order valence-corrected chi connectivity index (χ3v) is 3.01. The van der Waals surface area contributed by atoms with Gasteiger partial charge in [-0.25, -0.2) is 15.8 Å². The molecule has 2 aromatic rings. The molecule has 112 valence electrons. The molecule has 0 aromatic carbocycles. The fourth-order valence-electron chi connectivity index (χ4n) is 1.98. The molecule has 21 heavy (non-hydrogen) atoms. The Hall–Kier alpha value is -2.25. The van der Waals surface area contributed by atoms with E-state index >= 15 is 0 Å². The number of nitrogen functional groups attached to an aromatic ring is 1. The molecule has 0 aliphatic heterocycles. The summed E-state index contributed by atoms with van der Waals surface area (Å²) in [5.41, 5.74) is 3.73. The van der Waals surface area contributed by atoms with Gasteiger partial charge in [0.15, 0.2) is 5.82 Å². The lowest BCUT2D eigenvalue weighted by Gasteiger charge is -2.23. The average Bonchev–Trinajstić information content (AvgIpc) is 2.53. The maximum Gasteiger partial charge on any atom is 0.158 e. The van der Waals surface area contributed by atoms with Crippen LogP contribution in [0.2, 0.25) is 0 Å². The smallest absolute Gasteiger partial charge is 0.158 e. The summed E-state index contributed by atoms with van der Waals surface area (Å²) in [7, 11) is 1.61. The average molecular weight is 288 g/mol. The zero-order chi connectivity index (χ0) is 15.1. The number of hydrazine groups is 1. The van der Waals surface area contributed by atoms with Gasteiger partial charge in [-0.15, -0.1) is 0 Å². The highest BCUT2D eigenvalue weighted by molar-refractivity contribution is 5.49. The van der Waals surface area contributed by atoms with E-state index in [0.717, 1.165) is 18.9 Å². The monoisotopic (exact) mass is 288 g/mol. The Morgan fingerprint density at radius 1 is 1.29 bits per heavy atom. The quantitative estimate of drug-likeness (QED) is 0.587. The van der Waals surface area contributed by atoms with E-state index in [2.05, 4.69) is 32.2 Å². The summed E-state index contributed by atoms with van der Waals surface area (Å²) < 4.78 is 5.09. The lowest BCUT2D eigenvalue weighted by atomic mass is 10.2. The molecule has 2 aromatic heterocycles. The Balaban J connectivity index is 2.26. The van der Waals surface area contributed by atoms with Crippen LogP contribution in [0, 0.1) is 0 Å². The number of nitrogens with one attached hydrogen (secondary N) is 1. The summed E-state index contributed by atoms with van der Waals surface area (Å²) in [5, 5.41) is 0. The molecule has 0 saturated carbocycles. The number of methoxy groups -OCH3 is 1. The van der Waals surface area contributed by atoms with Crippen molar-refractivity contribution in [3.63, 3.8) is 0 Å². The van der Waals surface area contributed by atoms with Gasteiger partial charge in [0.25, 0.3) is 0 Å². The van der Waals surface area contributed by atoms with E-state index in [0.29, 0.717) is 18.2 Å². The fraction of sp³-hybridized carbons (Fsp3) is 0.357. The van der Waals surface area contributed by atoms with Gasteiger partial charge in [-0.2, -0.15) is 0 Å². The van der Waals surface area contributed by atoms with Crippen LogP contribution in [0.15, 0.2) is 30.6 Å². The molecule has 3 N–H and O–H groups in total. The van der Waals surface area contributed by atoms with Gasteiger partial charge in [-0.05, 0) is 24.6 Å². The number of anilines is 2. The van der Waals surface area contributed by atoms with E-state index in [-0.39, 0.29) is 0 Å². The van der Waals surface area contributed by atoms with Crippen LogP contribution >= 0.6 is 0 Å². The minimum absolute atomic E-state index is 0.343. The SMILES string of the molecule is CCN(Cc1ccncc1)c1cc(NN)nc(COC)n1. The molecule has 0 unspecified atom stereocenters.